The highest BCUT2D eigenvalue weighted by atomic mass is 19.4. The number of benzene rings is 3. The van der Waals surface area contributed by atoms with Gasteiger partial charge in [-0.05, 0) is 54.6 Å². The molecule has 0 aliphatic heterocycles. The van der Waals surface area contributed by atoms with Gasteiger partial charge in [0.05, 0.1) is 24.0 Å². The minimum atomic E-state index is -4.43. The molecule has 0 aliphatic carbocycles. The van der Waals surface area contributed by atoms with Crippen LogP contribution in [0.25, 0.3) is 22.4 Å². The number of rotatable bonds is 6. The summed E-state index contributed by atoms with van der Waals surface area (Å²) in [6.07, 6.45) is -1.09. The number of anilines is 1. The third-order valence-electron chi connectivity index (χ3n) is 5.75. The van der Waals surface area contributed by atoms with E-state index in [-0.39, 0.29) is 29.4 Å². The molecule has 9 nitrogen and oxygen atoms in total. The maximum absolute atomic E-state index is 12.8. The highest BCUT2D eigenvalue weighted by molar-refractivity contribution is 6.00. The zero-order valence-electron chi connectivity index (χ0n) is 19.5. The number of nitrogens with two attached hydrogens (primary N) is 1. The number of hydrazone groups is 1. The second-order valence-corrected chi connectivity index (χ2v) is 8.29. The standard InChI is InChI=1S/C26H19F3N6O3/c27-26(28,29)18-7-4-15(5-8-18)25-32-23(34-38-25)14-35-11-10-19-17(2-1-3-21(19)35)13-31-33-24(37)16-6-9-22(36)20(30)12-16/h1-13,36H,14,30H2,(H,33,37)/b31-13+. The molecule has 0 saturated carbocycles. The number of nitrogens with zero attached hydrogens (tertiary/aromatic N) is 4. The molecular formula is C26H19F3N6O3. The first kappa shape index (κ1) is 24.6. The molecule has 5 aromatic rings. The van der Waals surface area contributed by atoms with Crippen molar-refractivity contribution >= 4 is 28.7 Å². The second kappa shape index (κ2) is 9.73. The van der Waals surface area contributed by atoms with E-state index in [2.05, 4.69) is 20.7 Å². The quantitative estimate of drug-likeness (QED) is 0.127. The first-order valence-electron chi connectivity index (χ1n) is 11.2. The summed E-state index contributed by atoms with van der Waals surface area (Å²) in [4.78, 5) is 16.6. The molecule has 0 radical (unpaired) electrons. The van der Waals surface area contributed by atoms with Gasteiger partial charge in [0.25, 0.3) is 11.8 Å². The van der Waals surface area contributed by atoms with Gasteiger partial charge < -0.3 is 19.9 Å². The van der Waals surface area contributed by atoms with Crippen LogP contribution in [0.15, 0.2) is 82.6 Å². The molecule has 2 aromatic heterocycles. The molecule has 38 heavy (non-hydrogen) atoms. The van der Waals surface area contributed by atoms with Crippen LogP contribution in [-0.4, -0.2) is 31.9 Å². The number of halogens is 3. The van der Waals surface area contributed by atoms with Crippen LogP contribution in [0.2, 0.25) is 0 Å². The largest absolute Gasteiger partial charge is 0.506 e. The Labute approximate surface area is 213 Å². The highest BCUT2D eigenvalue weighted by Gasteiger charge is 2.30. The number of aromatic hydroxyl groups is 1. The molecule has 1 amide bonds. The van der Waals surface area contributed by atoms with Crippen LogP contribution < -0.4 is 11.2 Å². The van der Waals surface area contributed by atoms with Crippen LogP contribution in [0.4, 0.5) is 18.9 Å². The number of hydrogen-bond acceptors (Lipinski definition) is 7. The van der Waals surface area contributed by atoms with E-state index in [1.165, 1.54) is 36.5 Å². The molecule has 12 heteroatoms. The Morgan fingerprint density at radius 1 is 1.13 bits per heavy atom. The normalized spacial score (nSPS) is 11.9. The number of phenols is 1. The first-order valence-corrected chi connectivity index (χ1v) is 11.2. The smallest absolute Gasteiger partial charge is 0.416 e. The summed E-state index contributed by atoms with van der Waals surface area (Å²) in [6, 6.07) is 16.0. The molecule has 0 spiro atoms. The molecule has 0 saturated heterocycles. The maximum atomic E-state index is 12.8. The van der Waals surface area contributed by atoms with Gasteiger partial charge in [-0.25, -0.2) is 5.43 Å². The molecular weight excluding hydrogens is 501 g/mol. The van der Waals surface area contributed by atoms with Gasteiger partial charge in [0.2, 0.25) is 0 Å². The Bertz CT molecular complexity index is 1660. The average Bonchev–Trinajstić information content (AvgIpc) is 3.53. The molecule has 2 heterocycles. The van der Waals surface area contributed by atoms with Crippen molar-refractivity contribution in [3.8, 4) is 17.2 Å². The van der Waals surface area contributed by atoms with E-state index < -0.39 is 17.6 Å². The summed E-state index contributed by atoms with van der Waals surface area (Å²) in [5.41, 5.74) is 9.58. The van der Waals surface area contributed by atoms with Crippen molar-refractivity contribution in [2.24, 2.45) is 5.10 Å². The van der Waals surface area contributed by atoms with Crippen molar-refractivity contribution < 1.29 is 27.6 Å². The molecule has 192 valence electrons. The Balaban J connectivity index is 1.30. The Kier molecular flexibility index (Phi) is 6.29. The van der Waals surface area contributed by atoms with E-state index in [1.54, 1.807) is 0 Å². The third-order valence-corrected chi connectivity index (χ3v) is 5.75. The molecule has 4 N–H and O–H groups in total. The second-order valence-electron chi connectivity index (χ2n) is 8.29. The van der Waals surface area contributed by atoms with Crippen LogP contribution in [0.5, 0.6) is 5.75 Å². The zero-order valence-corrected chi connectivity index (χ0v) is 19.5. The monoisotopic (exact) mass is 520 g/mol. The lowest BCUT2D eigenvalue weighted by molar-refractivity contribution is -0.137. The predicted molar refractivity (Wildman–Crippen MR) is 133 cm³/mol. The molecule has 0 bridgehead atoms. The van der Waals surface area contributed by atoms with Crippen molar-refractivity contribution in [2.75, 3.05) is 5.73 Å². The molecule has 3 aromatic carbocycles. The van der Waals surface area contributed by atoms with E-state index in [4.69, 9.17) is 10.3 Å². The number of carbonyl (C=O) groups excluding carboxylic acids is 1. The van der Waals surface area contributed by atoms with Crippen molar-refractivity contribution in [1.82, 2.24) is 20.1 Å². The minimum Gasteiger partial charge on any atom is -0.506 e. The summed E-state index contributed by atoms with van der Waals surface area (Å²) >= 11 is 0. The molecule has 0 fully saturated rings. The van der Waals surface area contributed by atoms with Gasteiger partial charge in [-0.3, -0.25) is 4.79 Å². The lowest BCUT2D eigenvalue weighted by Crippen LogP contribution is -2.17. The number of hydrogen-bond donors (Lipinski definition) is 3. The first-order chi connectivity index (χ1) is 18.2. The molecule has 0 unspecified atom stereocenters. The topological polar surface area (TPSA) is 132 Å². The fraction of sp³-hybridized carbons (Fsp3) is 0.0769. The van der Waals surface area contributed by atoms with E-state index in [1.807, 2.05) is 35.0 Å². The van der Waals surface area contributed by atoms with Crippen molar-refractivity contribution in [3.05, 3.63) is 95.4 Å². The fourth-order valence-electron chi connectivity index (χ4n) is 3.81. The lowest BCUT2D eigenvalue weighted by Gasteiger charge is -2.05. The van der Waals surface area contributed by atoms with E-state index >= 15 is 0 Å². The van der Waals surface area contributed by atoms with Gasteiger partial charge in [0.15, 0.2) is 5.82 Å². The SMILES string of the molecule is Nc1cc(C(=O)N/N=C/c2cccc3c2ccn3Cc2noc(-c3ccc(C(F)(F)F)cc3)n2)ccc1O. The van der Waals surface area contributed by atoms with Crippen LogP contribution in [-0.2, 0) is 12.7 Å². The number of nitrogens with one attached hydrogen (secondary N) is 1. The Morgan fingerprint density at radius 2 is 1.92 bits per heavy atom. The van der Waals surface area contributed by atoms with Crippen LogP contribution in [0, 0.1) is 0 Å². The van der Waals surface area contributed by atoms with Crippen molar-refractivity contribution in [2.45, 2.75) is 12.7 Å². The fourth-order valence-corrected chi connectivity index (χ4v) is 3.81. The molecule has 5 rings (SSSR count). The van der Waals surface area contributed by atoms with Gasteiger partial charge in [-0.15, -0.1) is 0 Å². The van der Waals surface area contributed by atoms with E-state index in [9.17, 15) is 23.1 Å². The van der Waals surface area contributed by atoms with Gasteiger partial charge >= 0.3 is 6.18 Å². The van der Waals surface area contributed by atoms with Crippen molar-refractivity contribution in [3.63, 3.8) is 0 Å². The number of amides is 1. The Hall–Kier alpha value is -5.13. The number of fused-ring (bicyclic) bond motifs is 1. The van der Waals surface area contributed by atoms with Crippen LogP contribution in [0.3, 0.4) is 0 Å². The van der Waals surface area contributed by atoms with Crippen LogP contribution >= 0.6 is 0 Å². The highest BCUT2D eigenvalue weighted by Crippen LogP contribution is 2.30. The van der Waals surface area contributed by atoms with Crippen LogP contribution in [0.1, 0.15) is 27.3 Å². The summed E-state index contributed by atoms with van der Waals surface area (Å²) in [5, 5.41) is 18.3. The number of phenolic OH excluding ortho intramolecular Hbond substituents is 1. The van der Waals surface area contributed by atoms with E-state index in [0.717, 1.165) is 28.6 Å². The summed E-state index contributed by atoms with van der Waals surface area (Å²) in [5.74, 6) is -0.141. The minimum absolute atomic E-state index is 0.0841. The van der Waals surface area contributed by atoms with Gasteiger partial charge in [0.1, 0.15) is 5.75 Å². The molecule has 0 aliphatic rings. The third kappa shape index (κ3) is 5.05. The van der Waals surface area contributed by atoms with Gasteiger partial charge in [-0.2, -0.15) is 23.3 Å². The van der Waals surface area contributed by atoms with Gasteiger partial charge in [-0.1, -0.05) is 17.3 Å². The van der Waals surface area contributed by atoms with Gasteiger partial charge in [0, 0.05) is 33.8 Å². The summed E-state index contributed by atoms with van der Waals surface area (Å²) < 4.78 is 45.5. The average molecular weight is 520 g/mol. The van der Waals surface area contributed by atoms with Crippen molar-refractivity contribution in [1.29, 1.82) is 0 Å². The Morgan fingerprint density at radius 3 is 2.66 bits per heavy atom. The summed E-state index contributed by atoms with van der Waals surface area (Å²) in [7, 11) is 0. The number of carbonyl (C=O) groups is 1. The number of alkyl halides is 3. The summed E-state index contributed by atoms with van der Waals surface area (Å²) in [6.45, 7) is 0.257. The predicted octanol–water partition coefficient (Wildman–Crippen LogP) is 4.81. The van der Waals surface area contributed by atoms with E-state index in [0.29, 0.717) is 11.4 Å². The maximum Gasteiger partial charge on any atom is 0.416 e. The number of aromatic nitrogens is 3. The lowest BCUT2D eigenvalue weighted by atomic mass is 10.1. The zero-order chi connectivity index (χ0) is 26.9. The molecule has 0 atom stereocenters. The number of nitrogen functional groups attached to an aromatic ring is 1.